The minimum absolute atomic E-state index is 0.207. The second-order valence-corrected chi connectivity index (χ2v) is 3.86. The van der Waals surface area contributed by atoms with Gasteiger partial charge >= 0.3 is 5.97 Å². The molecule has 18 heavy (non-hydrogen) atoms. The Morgan fingerprint density at radius 3 is 3.00 bits per heavy atom. The first-order valence-corrected chi connectivity index (χ1v) is 5.96. The van der Waals surface area contributed by atoms with Gasteiger partial charge in [0.15, 0.2) is 0 Å². The van der Waals surface area contributed by atoms with E-state index in [9.17, 15) is 4.79 Å². The molecule has 1 aromatic heterocycles. The molecule has 0 N–H and O–H groups in total. The van der Waals surface area contributed by atoms with Crippen LogP contribution in [0.4, 0.5) is 0 Å². The fourth-order valence-corrected chi connectivity index (χ4v) is 1.77. The number of hydrogen-bond acceptors (Lipinski definition) is 3. The summed E-state index contributed by atoms with van der Waals surface area (Å²) >= 11 is 0. The summed E-state index contributed by atoms with van der Waals surface area (Å²) in [5.74, 6) is -0.207. The Labute approximate surface area is 106 Å². The Hall–Kier alpha value is -2.16. The van der Waals surface area contributed by atoms with E-state index in [4.69, 9.17) is 4.74 Å². The number of fused-ring (bicyclic) bond motifs is 1. The summed E-state index contributed by atoms with van der Waals surface area (Å²) in [5, 5.41) is 2.23. The van der Waals surface area contributed by atoms with Gasteiger partial charge in [-0.05, 0) is 12.3 Å². The Kier molecular flexibility index (Phi) is 4.07. The maximum absolute atomic E-state index is 11.2. The van der Waals surface area contributed by atoms with Crippen molar-refractivity contribution in [3.8, 4) is 0 Å². The molecule has 2 rings (SSSR count). The lowest BCUT2D eigenvalue weighted by Gasteiger charge is -2.01. The van der Waals surface area contributed by atoms with Crippen molar-refractivity contribution in [3.05, 3.63) is 48.3 Å². The van der Waals surface area contributed by atoms with E-state index in [1.165, 1.54) is 0 Å². The molecular formula is C15H15NO2. The maximum atomic E-state index is 11.2. The molecule has 0 amide bonds. The van der Waals surface area contributed by atoms with E-state index in [2.05, 4.69) is 4.98 Å². The monoisotopic (exact) mass is 241 g/mol. The van der Waals surface area contributed by atoms with Crippen LogP contribution in [0.1, 0.15) is 18.9 Å². The molecule has 0 radical (unpaired) electrons. The number of hydrogen-bond donors (Lipinski definition) is 0. The van der Waals surface area contributed by atoms with Gasteiger partial charge in [-0.3, -0.25) is 9.78 Å². The molecule has 0 aliphatic rings. The summed E-state index contributed by atoms with van der Waals surface area (Å²) < 4.78 is 4.86. The summed E-state index contributed by atoms with van der Waals surface area (Å²) in [7, 11) is 0. The lowest BCUT2D eigenvalue weighted by molar-refractivity contribution is -0.142. The van der Waals surface area contributed by atoms with Crippen LogP contribution in [0, 0.1) is 0 Å². The van der Waals surface area contributed by atoms with Crippen LogP contribution in [-0.4, -0.2) is 17.6 Å². The van der Waals surface area contributed by atoms with Crippen molar-refractivity contribution in [1.82, 2.24) is 4.98 Å². The highest BCUT2D eigenvalue weighted by molar-refractivity contribution is 5.89. The van der Waals surface area contributed by atoms with Crippen LogP contribution in [0.15, 0.2) is 42.7 Å². The molecule has 0 aliphatic heterocycles. The molecule has 0 fully saturated rings. The highest BCUT2D eigenvalue weighted by atomic mass is 16.5. The Bertz CT molecular complexity index is 570. The molecule has 1 aromatic carbocycles. The molecule has 2 aromatic rings. The summed E-state index contributed by atoms with van der Waals surface area (Å²) in [5.41, 5.74) is 1.01. The molecule has 0 atom stereocenters. The second-order valence-electron chi connectivity index (χ2n) is 3.86. The summed E-state index contributed by atoms with van der Waals surface area (Å²) in [4.78, 5) is 15.4. The summed E-state index contributed by atoms with van der Waals surface area (Å²) in [6, 6.07) is 8.03. The number of aromatic nitrogens is 1. The zero-order chi connectivity index (χ0) is 12.8. The largest absolute Gasteiger partial charge is 0.466 e. The number of nitrogens with zero attached hydrogens (tertiary/aromatic N) is 1. The molecule has 1 heterocycles. The van der Waals surface area contributed by atoms with Gasteiger partial charge in [-0.1, -0.05) is 36.4 Å². The standard InChI is InChI=1S/C15H15NO2/c1-2-18-15(17)9-5-7-13-11-16-10-12-6-3-4-8-14(12)13/h3-8,10-11H,2,9H2,1H3. The van der Waals surface area contributed by atoms with Crippen LogP contribution >= 0.6 is 0 Å². The van der Waals surface area contributed by atoms with Crippen LogP contribution in [0.25, 0.3) is 16.8 Å². The first kappa shape index (κ1) is 12.3. The fraction of sp³-hybridized carbons (Fsp3) is 0.200. The van der Waals surface area contributed by atoms with Crippen LogP contribution in [0.5, 0.6) is 0 Å². The number of ether oxygens (including phenoxy) is 1. The fourth-order valence-electron chi connectivity index (χ4n) is 1.77. The minimum Gasteiger partial charge on any atom is -0.466 e. The smallest absolute Gasteiger partial charge is 0.309 e. The van der Waals surface area contributed by atoms with Crippen LogP contribution < -0.4 is 0 Å². The molecule has 92 valence electrons. The van der Waals surface area contributed by atoms with E-state index in [0.717, 1.165) is 16.3 Å². The predicted octanol–water partition coefficient (Wildman–Crippen LogP) is 3.20. The second kappa shape index (κ2) is 5.96. The van der Waals surface area contributed by atoms with Gasteiger partial charge in [-0.2, -0.15) is 0 Å². The molecular weight excluding hydrogens is 226 g/mol. The van der Waals surface area contributed by atoms with Gasteiger partial charge in [0.05, 0.1) is 13.0 Å². The third-order valence-corrected chi connectivity index (χ3v) is 2.59. The van der Waals surface area contributed by atoms with E-state index in [-0.39, 0.29) is 12.4 Å². The number of benzene rings is 1. The van der Waals surface area contributed by atoms with Gasteiger partial charge in [-0.25, -0.2) is 0 Å². The highest BCUT2D eigenvalue weighted by Crippen LogP contribution is 2.18. The molecule has 0 spiro atoms. The Balaban J connectivity index is 2.16. The van der Waals surface area contributed by atoms with Crippen molar-refractivity contribution >= 4 is 22.8 Å². The third-order valence-electron chi connectivity index (χ3n) is 2.59. The quantitative estimate of drug-likeness (QED) is 0.771. The van der Waals surface area contributed by atoms with Crippen molar-refractivity contribution in [1.29, 1.82) is 0 Å². The average molecular weight is 241 g/mol. The van der Waals surface area contributed by atoms with Crippen molar-refractivity contribution in [2.75, 3.05) is 6.61 Å². The lowest BCUT2D eigenvalue weighted by Crippen LogP contribution is -2.01. The first-order valence-electron chi connectivity index (χ1n) is 5.96. The first-order chi connectivity index (χ1) is 8.81. The molecule has 0 aliphatic carbocycles. The minimum atomic E-state index is -0.207. The van der Waals surface area contributed by atoms with Gasteiger partial charge in [0, 0.05) is 23.3 Å². The number of pyridine rings is 1. The van der Waals surface area contributed by atoms with Gasteiger partial charge in [0.25, 0.3) is 0 Å². The van der Waals surface area contributed by atoms with Crippen LogP contribution in [0.2, 0.25) is 0 Å². The topological polar surface area (TPSA) is 39.2 Å². The number of rotatable bonds is 4. The zero-order valence-corrected chi connectivity index (χ0v) is 10.3. The summed E-state index contributed by atoms with van der Waals surface area (Å²) in [6.45, 7) is 2.22. The predicted molar refractivity (Wildman–Crippen MR) is 72.0 cm³/mol. The highest BCUT2D eigenvalue weighted by Gasteiger charge is 1.99. The van der Waals surface area contributed by atoms with Crippen LogP contribution in [-0.2, 0) is 9.53 Å². The molecule has 0 unspecified atom stereocenters. The number of carbonyl (C=O) groups is 1. The van der Waals surface area contributed by atoms with Gasteiger partial charge in [-0.15, -0.1) is 0 Å². The van der Waals surface area contributed by atoms with Crippen molar-refractivity contribution in [2.24, 2.45) is 0 Å². The summed E-state index contributed by atoms with van der Waals surface area (Å²) in [6.07, 6.45) is 7.63. The third kappa shape index (κ3) is 2.94. The molecule has 0 bridgehead atoms. The normalized spacial score (nSPS) is 10.9. The Morgan fingerprint density at radius 1 is 1.33 bits per heavy atom. The lowest BCUT2D eigenvalue weighted by atomic mass is 10.1. The van der Waals surface area contributed by atoms with E-state index < -0.39 is 0 Å². The Morgan fingerprint density at radius 2 is 2.17 bits per heavy atom. The van der Waals surface area contributed by atoms with Gasteiger partial charge in [0.2, 0.25) is 0 Å². The van der Waals surface area contributed by atoms with Crippen molar-refractivity contribution < 1.29 is 9.53 Å². The van der Waals surface area contributed by atoms with E-state index in [0.29, 0.717) is 6.61 Å². The zero-order valence-electron chi connectivity index (χ0n) is 10.3. The van der Waals surface area contributed by atoms with Crippen LogP contribution in [0.3, 0.4) is 0 Å². The van der Waals surface area contributed by atoms with Crippen molar-refractivity contribution in [3.63, 3.8) is 0 Å². The SMILES string of the molecule is CCOC(=O)CC=Cc1cncc2ccccc12. The average Bonchev–Trinajstić information content (AvgIpc) is 2.39. The molecule has 0 saturated heterocycles. The molecule has 3 heteroatoms. The van der Waals surface area contributed by atoms with E-state index >= 15 is 0 Å². The molecule has 3 nitrogen and oxygen atoms in total. The maximum Gasteiger partial charge on any atom is 0.309 e. The van der Waals surface area contributed by atoms with Gasteiger partial charge in [0.1, 0.15) is 0 Å². The molecule has 0 saturated carbocycles. The van der Waals surface area contributed by atoms with E-state index in [1.807, 2.05) is 36.5 Å². The number of esters is 1. The number of carbonyl (C=O) groups excluding carboxylic acids is 1. The van der Waals surface area contributed by atoms with E-state index in [1.54, 1.807) is 19.2 Å². The van der Waals surface area contributed by atoms with Crippen molar-refractivity contribution in [2.45, 2.75) is 13.3 Å². The van der Waals surface area contributed by atoms with Gasteiger partial charge < -0.3 is 4.74 Å².